The number of benzene rings is 1. The van der Waals surface area contributed by atoms with Crippen LogP contribution in [0.5, 0.6) is 5.75 Å². The third kappa shape index (κ3) is 5.64. The summed E-state index contributed by atoms with van der Waals surface area (Å²) in [6, 6.07) is 14.2. The molecule has 1 fully saturated rings. The summed E-state index contributed by atoms with van der Waals surface area (Å²) < 4.78 is 8.07. The minimum absolute atomic E-state index is 0.0127. The van der Waals surface area contributed by atoms with Gasteiger partial charge in [0, 0.05) is 51.7 Å². The Hall–Kier alpha value is -2.41. The summed E-state index contributed by atoms with van der Waals surface area (Å²) in [6.45, 7) is 12.2. The van der Waals surface area contributed by atoms with Crippen molar-refractivity contribution in [1.29, 1.82) is 0 Å². The van der Waals surface area contributed by atoms with E-state index < -0.39 is 6.10 Å². The second-order valence-electron chi connectivity index (χ2n) is 9.49. The van der Waals surface area contributed by atoms with Crippen molar-refractivity contribution in [2.75, 3.05) is 39.3 Å². The fourth-order valence-electron chi connectivity index (χ4n) is 4.17. The van der Waals surface area contributed by atoms with Crippen LogP contribution in [0, 0.1) is 0 Å². The van der Waals surface area contributed by atoms with E-state index in [1.807, 2.05) is 42.6 Å². The van der Waals surface area contributed by atoms with Gasteiger partial charge < -0.3 is 14.2 Å². The molecule has 0 radical (unpaired) electrons. The SMILES string of the molecule is CC(C)(C)c1ccccc1OC[C@H](O)CN1CCN(Cc2cn3ccccc3n2)CC1. The van der Waals surface area contributed by atoms with Crippen LogP contribution in [0.4, 0.5) is 0 Å². The average molecular weight is 423 g/mol. The maximum absolute atomic E-state index is 10.5. The van der Waals surface area contributed by atoms with Crippen LogP contribution >= 0.6 is 0 Å². The Morgan fingerprint density at radius 1 is 1.00 bits per heavy atom. The van der Waals surface area contributed by atoms with E-state index in [4.69, 9.17) is 9.72 Å². The van der Waals surface area contributed by atoms with E-state index in [0.717, 1.165) is 49.8 Å². The van der Waals surface area contributed by atoms with Gasteiger partial charge in [0.1, 0.15) is 24.1 Å². The zero-order valence-corrected chi connectivity index (χ0v) is 18.9. The molecule has 0 unspecified atom stereocenters. The number of aliphatic hydroxyl groups excluding tert-OH is 1. The third-order valence-electron chi connectivity index (χ3n) is 5.86. The first-order chi connectivity index (χ1) is 14.9. The number of hydrogen-bond acceptors (Lipinski definition) is 5. The maximum atomic E-state index is 10.5. The van der Waals surface area contributed by atoms with E-state index in [2.05, 4.69) is 47.2 Å². The molecule has 31 heavy (non-hydrogen) atoms. The third-order valence-corrected chi connectivity index (χ3v) is 5.86. The van der Waals surface area contributed by atoms with Crippen LogP contribution in [0.1, 0.15) is 32.0 Å². The van der Waals surface area contributed by atoms with Crippen molar-refractivity contribution in [2.45, 2.75) is 38.8 Å². The van der Waals surface area contributed by atoms with Gasteiger partial charge in [-0.2, -0.15) is 0 Å². The first kappa shape index (κ1) is 21.8. The van der Waals surface area contributed by atoms with E-state index in [-0.39, 0.29) is 5.41 Å². The molecular formula is C25H34N4O2. The quantitative estimate of drug-likeness (QED) is 0.634. The van der Waals surface area contributed by atoms with E-state index in [1.54, 1.807) is 0 Å². The van der Waals surface area contributed by atoms with Crippen LogP contribution in [-0.2, 0) is 12.0 Å². The highest BCUT2D eigenvalue weighted by atomic mass is 16.5. The molecule has 6 nitrogen and oxygen atoms in total. The van der Waals surface area contributed by atoms with Crippen LogP contribution in [0.15, 0.2) is 54.9 Å². The van der Waals surface area contributed by atoms with Gasteiger partial charge in [0.05, 0.1) is 5.69 Å². The Bertz CT molecular complexity index is 953. The predicted octanol–water partition coefficient (Wildman–Crippen LogP) is 3.19. The molecule has 1 atom stereocenters. The number of aromatic nitrogens is 2. The Labute approximate surface area is 185 Å². The molecule has 3 heterocycles. The average Bonchev–Trinajstić information content (AvgIpc) is 3.15. The van der Waals surface area contributed by atoms with Crippen molar-refractivity contribution in [1.82, 2.24) is 19.2 Å². The highest BCUT2D eigenvalue weighted by molar-refractivity contribution is 5.39. The van der Waals surface area contributed by atoms with Crippen molar-refractivity contribution in [3.8, 4) is 5.75 Å². The molecule has 1 N–H and O–H groups in total. The molecule has 0 saturated carbocycles. The van der Waals surface area contributed by atoms with Gasteiger partial charge in [-0.15, -0.1) is 0 Å². The van der Waals surface area contributed by atoms with Crippen LogP contribution < -0.4 is 4.74 Å². The molecule has 3 aromatic rings. The smallest absolute Gasteiger partial charge is 0.137 e. The molecule has 1 aliphatic rings. The lowest BCUT2D eigenvalue weighted by Gasteiger charge is -2.35. The largest absolute Gasteiger partial charge is 0.491 e. The molecule has 6 heteroatoms. The monoisotopic (exact) mass is 422 g/mol. The van der Waals surface area contributed by atoms with E-state index in [9.17, 15) is 5.11 Å². The van der Waals surface area contributed by atoms with Crippen molar-refractivity contribution in [3.05, 3.63) is 66.1 Å². The number of imidazole rings is 1. The lowest BCUT2D eigenvalue weighted by Crippen LogP contribution is -2.48. The minimum Gasteiger partial charge on any atom is -0.491 e. The molecule has 0 aliphatic carbocycles. The fraction of sp³-hybridized carbons (Fsp3) is 0.480. The molecular weight excluding hydrogens is 388 g/mol. The van der Waals surface area contributed by atoms with Gasteiger partial charge in [0.2, 0.25) is 0 Å². The molecule has 1 aliphatic heterocycles. The second-order valence-corrected chi connectivity index (χ2v) is 9.49. The standard InChI is InChI=1S/C25H34N4O2/c1-25(2,3)22-8-4-5-9-23(22)31-19-21(30)18-28-14-12-27(13-15-28)16-20-17-29-11-7-6-10-24(29)26-20/h4-11,17,21,30H,12-16,18-19H2,1-3H3/t21-/m1/s1. The van der Waals surface area contributed by atoms with Gasteiger partial charge in [-0.1, -0.05) is 45.0 Å². The number of pyridine rings is 1. The van der Waals surface area contributed by atoms with Crippen molar-refractivity contribution < 1.29 is 9.84 Å². The van der Waals surface area contributed by atoms with E-state index in [1.165, 1.54) is 5.56 Å². The molecule has 0 amide bonds. The number of hydrogen-bond donors (Lipinski definition) is 1. The topological polar surface area (TPSA) is 53.2 Å². The number of para-hydroxylation sites is 1. The summed E-state index contributed by atoms with van der Waals surface area (Å²) in [5.74, 6) is 0.867. The number of fused-ring (bicyclic) bond motifs is 1. The Kier molecular flexibility index (Phi) is 6.60. The maximum Gasteiger partial charge on any atom is 0.137 e. The number of β-amino-alcohol motifs (C(OH)–C–C–N with tert-alkyl or cyclic N) is 1. The van der Waals surface area contributed by atoms with E-state index >= 15 is 0 Å². The Morgan fingerprint density at radius 3 is 2.45 bits per heavy atom. The highest BCUT2D eigenvalue weighted by Gasteiger charge is 2.22. The van der Waals surface area contributed by atoms with Crippen LogP contribution in [0.25, 0.3) is 5.65 Å². The zero-order chi connectivity index (χ0) is 21.8. The molecule has 1 saturated heterocycles. The van der Waals surface area contributed by atoms with Gasteiger partial charge in [-0.05, 0) is 29.2 Å². The zero-order valence-electron chi connectivity index (χ0n) is 18.9. The summed E-state index contributed by atoms with van der Waals surface area (Å²) in [5, 5.41) is 10.5. The Morgan fingerprint density at radius 2 is 1.71 bits per heavy atom. The van der Waals surface area contributed by atoms with Gasteiger partial charge >= 0.3 is 0 Å². The van der Waals surface area contributed by atoms with Crippen LogP contribution in [-0.4, -0.2) is 69.7 Å². The fourth-order valence-corrected chi connectivity index (χ4v) is 4.17. The molecule has 0 bridgehead atoms. The summed E-state index contributed by atoms with van der Waals surface area (Å²) in [4.78, 5) is 9.46. The lowest BCUT2D eigenvalue weighted by atomic mass is 9.86. The number of nitrogens with zero attached hydrogens (tertiary/aromatic N) is 4. The predicted molar refractivity (Wildman–Crippen MR) is 124 cm³/mol. The van der Waals surface area contributed by atoms with Crippen LogP contribution in [0.3, 0.4) is 0 Å². The molecule has 0 spiro atoms. The Balaban J connectivity index is 1.23. The summed E-state index contributed by atoms with van der Waals surface area (Å²) in [5.41, 5.74) is 3.28. The molecule has 2 aromatic heterocycles. The normalized spacial score (nSPS) is 17.2. The molecule has 1 aromatic carbocycles. The van der Waals surface area contributed by atoms with E-state index in [0.29, 0.717) is 13.2 Å². The second kappa shape index (κ2) is 9.39. The molecule has 166 valence electrons. The first-order valence-electron chi connectivity index (χ1n) is 11.2. The summed E-state index contributed by atoms with van der Waals surface area (Å²) in [7, 11) is 0. The lowest BCUT2D eigenvalue weighted by molar-refractivity contribution is 0.0440. The van der Waals surface area contributed by atoms with Crippen molar-refractivity contribution >= 4 is 5.65 Å². The van der Waals surface area contributed by atoms with Gasteiger partial charge in [0.15, 0.2) is 0 Å². The number of piperazine rings is 1. The summed E-state index contributed by atoms with van der Waals surface area (Å²) in [6.07, 6.45) is 3.64. The summed E-state index contributed by atoms with van der Waals surface area (Å²) >= 11 is 0. The van der Waals surface area contributed by atoms with Gasteiger partial charge in [-0.3, -0.25) is 9.80 Å². The highest BCUT2D eigenvalue weighted by Crippen LogP contribution is 2.31. The minimum atomic E-state index is -0.502. The van der Waals surface area contributed by atoms with Gasteiger partial charge in [-0.25, -0.2) is 4.98 Å². The number of aliphatic hydroxyl groups is 1. The number of ether oxygens (including phenoxy) is 1. The first-order valence-corrected chi connectivity index (χ1v) is 11.2. The van der Waals surface area contributed by atoms with Gasteiger partial charge in [0.25, 0.3) is 0 Å². The van der Waals surface area contributed by atoms with Crippen molar-refractivity contribution in [2.24, 2.45) is 0 Å². The van der Waals surface area contributed by atoms with Crippen molar-refractivity contribution in [3.63, 3.8) is 0 Å². The van der Waals surface area contributed by atoms with Crippen LogP contribution in [0.2, 0.25) is 0 Å². The molecule has 4 rings (SSSR count). The number of rotatable bonds is 7.